The van der Waals surface area contributed by atoms with E-state index in [1.807, 2.05) is 0 Å². The summed E-state index contributed by atoms with van der Waals surface area (Å²) in [6.07, 6.45) is -0.0526. The van der Waals surface area contributed by atoms with Crippen molar-refractivity contribution in [1.82, 2.24) is 5.32 Å². The lowest BCUT2D eigenvalue weighted by molar-refractivity contribution is -0.139. The highest BCUT2D eigenvalue weighted by Gasteiger charge is 2.21. The maximum Gasteiger partial charge on any atom is 0.326 e. The highest BCUT2D eigenvalue weighted by atomic mass is 79.9. The minimum absolute atomic E-state index is 0.0102. The van der Waals surface area contributed by atoms with E-state index in [9.17, 15) is 9.59 Å². The molecular formula is C9H10BrNO5. The lowest BCUT2D eigenvalue weighted by Crippen LogP contribution is -2.41. The zero-order valence-corrected chi connectivity index (χ0v) is 9.73. The molecule has 0 spiro atoms. The topological polar surface area (TPSA) is 99.8 Å². The number of hydrogen-bond donors (Lipinski definition) is 3. The first-order chi connectivity index (χ1) is 7.54. The van der Waals surface area contributed by atoms with E-state index >= 15 is 0 Å². The van der Waals surface area contributed by atoms with Crippen LogP contribution < -0.4 is 5.32 Å². The van der Waals surface area contributed by atoms with E-state index in [2.05, 4.69) is 21.2 Å². The zero-order valence-electron chi connectivity index (χ0n) is 8.14. The number of hydrogen-bond acceptors (Lipinski definition) is 4. The minimum Gasteiger partial charge on any atom is -0.480 e. The smallest absolute Gasteiger partial charge is 0.326 e. The van der Waals surface area contributed by atoms with E-state index in [0.29, 0.717) is 4.67 Å². The van der Waals surface area contributed by atoms with Crippen LogP contribution >= 0.6 is 15.9 Å². The van der Waals surface area contributed by atoms with Crippen molar-refractivity contribution in [2.24, 2.45) is 0 Å². The van der Waals surface area contributed by atoms with E-state index in [1.165, 1.54) is 12.1 Å². The van der Waals surface area contributed by atoms with Crippen LogP contribution in [-0.2, 0) is 4.79 Å². The number of furan rings is 1. The molecule has 1 aromatic rings. The Balaban J connectivity index is 2.65. The number of aliphatic hydroxyl groups is 1. The number of carbonyl (C=O) groups excluding carboxylic acids is 1. The fourth-order valence-electron chi connectivity index (χ4n) is 1.05. The Kier molecular flexibility index (Phi) is 4.51. The van der Waals surface area contributed by atoms with Gasteiger partial charge in [-0.05, 0) is 28.1 Å². The van der Waals surface area contributed by atoms with Gasteiger partial charge in [-0.25, -0.2) is 4.79 Å². The fourth-order valence-corrected chi connectivity index (χ4v) is 1.36. The molecule has 0 aliphatic rings. The lowest BCUT2D eigenvalue weighted by Gasteiger charge is -2.11. The van der Waals surface area contributed by atoms with Crippen LogP contribution in [0.3, 0.4) is 0 Å². The summed E-state index contributed by atoms with van der Waals surface area (Å²) in [4.78, 5) is 22.2. The van der Waals surface area contributed by atoms with Crippen molar-refractivity contribution in [1.29, 1.82) is 0 Å². The van der Waals surface area contributed by atoms with Gasteiger partial charge in [-0.2, -0.15) is 0 Å². The molecule has 1 atom stereocenters. The van der Waals surface area contributed by atoms with Gasteiger partial charge in [0.1, 0.15) is 6.04 Å². The summed E-state index contributed by atoms with van der Waals surface area (Å²) >= 11 is 3.02. The van der Waals surface area contributed by atoms with E-state index in [1.54, 1.807) is 0 Å². The van der Waals surface area contributed by atoms with Crippen LogP contribution in [0.15, 0.2) is 21.2 Å². The molecule has 0 saturated heterocycles. The predicted octanol–water partition coefficient (Wildman–Crippen LogP) is 0.607. The predicted molar refractivity (Wildman–Crippen MR) is 57.0 cm³/mol. The van der Waals surface area contributed by atoms with E-state index in [0.717, 1.165) is 0 Å². The van der Waals surface area contributed by atoms with Gasteiger partial charge in [-0.15, -0.1) is 0 Å². The number of amides is 1. The molecule has 0 fully saturated rings. The average molecular weight is 292 g/mol. The second kappa shape index (κ2) is 5.66. The van der Waals surface area contributed by atoms with Crippen molar-refractivity contribution in [3.05, 3.63) is 22.6 Å². The average Bonchev–Trinajstić information content (AvgIpc) is 2.64. The molecule has 16 heavy (non-hydrogen) atoms. The van der Waals surface area contributed by atoms with Gasteiger partial charge in [-0.1, -0.05) is 0 Å². The van der Waals surface area contributed by atoms with Gasteiger partial charge in [0, 0.05) is 13.0 Å². The summed E-state index contributed by atoms with van der Waals surface area (Å²) in [5.74, 6) is -1.82. The highest BCUT2D eigenvalue weighted by molar-refractivity contribution is 9.10. The molecule has 0 radical (unpaired) electrons. The van der Waals surface area contributed by atoms with Crippen LogP contribution in [0.4, 0.5) is 0 Å². The summed E-state index contributed by atoms with van der Waals surface area (Å²) in [7, 11) is 0. The first-order valence-electron chi connectivity index (χ1n) is 4.44. The number of aliphatic carboxylic acids is 1. The third kappa shape index (κ3) is 3.35. The number of aliphatic hydroxyl groups excluding tert-OH is 1. The maximum atomic E-state index is 11.5. The van der Waals surface area contributed by atoms with Gasteiger partial charge < -0.3 is 19.9 Å². The van der Waals surface area contributed by atoms with Crippen LogP contribution in [0.25, 0.3) is 0 Å². The molecule has 7 heteroatoms. The molecule has 0 aliphatic carbocycles. The molecule has 3 N–H and O–H groups in total. The summed E-state index contributed by atoms with van der Waals surface area (Å²) in [6, 6.07) is 1.81. The van der Waals surface area contributed by atoms with Gasteiger partial charge in [0.25, 0.3) is 5.91 Å². The maximum absolute atomic E-state index is 11.5. The lowest BCUT2D eigenvalue weighted by atomic mass is 10.2. The van der Waals surface area contributed by atoms with Crippen LogP contribution in [-0.4, -0.2) is 34.7 Å². The standard InChI is InChI=1S/C9H10BrNO5/c10-7-2-1-6(16-7)8(13)11-5(3-4-12)9(14)15/h1-2,5,12H,3-4H2,(H,11,13)(H,14,15). The summed E-state index contributed by atoms with van der Waals surface area (Å²) < 4.78 is 5.33. The summed E-state index contributed by atoms with van der Waals surface area (Å²) in [6.45, 7) is -0.320. The number of rotatable bonds is 5. The highest BCUT2D eigenvalue weighted by Crippen LogP contribution is 2.14. The SMILES string of the molecule is O=C(NC(CCO)C(=O)O)c1ccc(Br)o1. The summed E-state index contributed by atoms with van der Waals surface area (Å²) in [5, 5.41) is 19.6. The van der Waals surface area contributed by atoms with Gasteiger partial charge in [0.15, 0.2) is 10.4 Å². The fraction of sp³-hybridized carbons (Fsp3) is 0.333. The van der Waals surface area contributed by atoms with Gasteiger partial charge >= 0.3 is 5.97 Å². The Bertz CT molecular complexity index is 389. The van der Waals surface area contributed by atoms with Crippen molar-refractivity contribution < 1.29 is 24.2 Å². The number of carboxylic acid groups (broad SMARTS) is 1. The third-order valence-electron chi connectivity index (χ3n) is 1.82. The number of halogens is 1. The number of carbonyl (C=O) groups is 2. The minimum atomic E-state index is -1.20. The molecule has 88 valence electrons. The quantitative estimate of drug-likeness (QED) is 0.738. The first kappa shape index (κ1) is 12.7. The molecule has 0 aliphatic heterocycles. The van der Waals surface area contributed by atoms with Gasteiger partial charge in [-0.3, -0.25) is 4.79 Å². The van der Waals surface area contributed by atoms with E-state index in [-0.39, 0.29) is 18.8 Å². The zero-order chi connectivity index (χ0) is 12.1. The Labute approximate surface area is 99.4 Å². The van der Waals surface area contributed by atoms with Crippen LogP contribution in [0.5, 0.6) is 0 Å². The Morgan fingerprint density at radius 3 is 2.62 bits per heavy atom. The monoisotopic (exact) mass is 291 g/mol. The Hall–Kier alpha value is -1.34. The van der Waals surface area contributed by atoms with Crippen molar-refractivity contribution in [3.8, 4) is 0 Å². The molecule has 1 unspecified atom stereocenters. The van der Waals surface area contributed by atoms with Crippen molar-refractivity contribution in [2.75, 3.05) is 6.61 Å². The van der Waals surface area contributed by atoms with Crippen molar-refractivity contribution in [3.63, 3.8) is 0 Å². The number of carboxylic acids is 1. The van der Waals surface area contributed by atoms with Crippen LogP contribution in [0, 0.1) is 0 Å². The molecule has 0 aromatic carbocycles. The van der Waals surface area contributed by atoms with Crippen molar-refractivity contribution in [2.45, 2.75) is 12.5 Å². The Morgan fingerprint density at radius 1 is 1.50 bits per heavy atom. The van der Waals surface area contributed by atoms with E-state index in [4.69, 9.17) is 14.6 Å². The molecule has 1 amide bonds. The van der Waals surface area contributed by atoms with E-state index < -0.39 is 17.9 Å². The number of nitrogens with one attached hydrogen (secondary N) is 1. The molecule has 0 bridgehead atoms. The molecule has 6 nitrogen and oxygen atoms in total. The second-order valence-electron chi connectivity index (χ2n) is 2.98. The molecule has 0 saturated carbocycles. The second-order valence-corrected chi connectivity index (χ2v) is 3.76. The van der Waals surface area contributed by atoms with Crippen LogP contribution in [0.2, 0.25) is 0 Å². The van der Waals surface area contributed by atoms with Crippen LogP contribution in [0.1, 0.15) is 17.0 Å². The molecule has 1 rings (SSSR count). The summed E-state index contributed by atoms with van der Waals surface area (Å²) in [5.41, 5.74) is 0. The van der Waals surface area contributed by atoms with Crippen molar-refractivity contribution >= 4 is 27.8 Å². The molecular weight excluding hydrogens is 282 g/mol. The third-order valence-corrected chi connectivity index (χ3v) is 2.24. The largest absolute Gasteiger partial charge is 0.480 e. The van der Waals surface area contributed by atoms with Gasteiger partial charge in [0.05, 0.1) is 0 Å². The Morgan fingerprint density at radius 2 is 2.19 bits per heavy atom. The molecule has 1 aromatic heterocycles. The first-order valence-corrected chi connectivity index (χ1v) is 5.23. The normalized spacial score (nSPS) is 12.1. The molecule has 1 heterocycles. The van der Waals surface area contributed by atoms with Gasteiger partial charge in [0.2, 0.25) is 0 Å².